The van der Waals surface area contributed by atoms with E-state index in [0.717, 1.165) is 35.1 Å². The van der Waals surface area contributed by atoms with Crippen molar-refractivity contribution in [1.82, 2.24) is 0 Å². The predicted molar refractivity (Wildman–Crippen MR) is 226 cm³/mol. The van der Waals surface area contributed by atoms with Crippen LogP contribution in [0.4, 0.5) is 20.2 Å². The van der Waals surface area contributed by atoms with Gasteiger partial charge < -0.3 is 9.47 Å². The Morgan fingerprint density at radius 2 is 0.800 bits per heavy atom. The second-order valence-corrected chi connectivity index (χ2v) is 13.9. The molecule has 0 fully saturated rings. The smallest absolute Gasteiger partial charge is 0.338 e. The molecule has 10 nitrogen and oxygen atoms in total. The average molecular weight is 815 g/mol. The number of hydrogen-bond donors (Lipinski definition) is 0. The largest absolute Gasteiger partial charge is 0.462 e. The summed E-state index contributed by atoms with van der Waals surface area (Å²) in [5.74, 6) is -1.37. The third kappa shape index (κ3) is 12.0. The van der Waals surface area contributed by atoms with Crippen molar-refractivity contribution in [3.63, 3.8) is 0 Å². The fraction of sp³-hybridized carbons (Fsp3) is 0.208. The molecule has 0 aromatic heterocycles. The number of nitrogens with zero attached hydrogens (tertiary/aromatic N) is 2. The first-order valence-electron chi connectivity index (χ1n) is 19.5. The summed E-state index contributed by atoms with van der Waals surface area (Å²) < 4.78 is 38.7. The van der Waals surface area contributed by atoms with E-state index in [0.29, 0.717) is 35.1 Å². The van der Waals surface area contributed by atoms with Crippen LogP contribution in [0.15, 0.2) is 146 Å². The Hall–Kier alpha value is -7.08. The lowest BCUT2D eigenvalue weighted by atomic mass is 9.93. The maximum absolute atomic E-state index is 14.0. The highest BCUT2D eigenvalue weighted by molar-refractivity contribution is 5.90. The fourth-order valence-corrected chi connectivity index (χ4v) is 6.67. The lowest BCUT2D eigenvalue weighted by molar-refractivity contribution is -0.385. The van der Waals surface area contributed by atoms with Crippen LogP contribution in [0.3, 0.4) is 0 Å². The van der Waals surface area contributed by atoms with E-state index in [-0.39, 0.29) is 48.1 Å². The molecule has 60 heavy (non-hydrogen) atoms. The van der Waals surface area contributed by atoms with Crippen molar-refractivity contribution >= 4 is 23.3 Å². The summed E-state index contributed by atoms with van der Waals surface area (Å²) in [6, 6.07) is 39.5. The number of non-ortho nitro benzene ring substituents is 2. The van der Waals surface area contributed by atoms with Crippen molar-refractivity contribution < 1.29 is 37.7 Å². The van der Waals surface area contributed by atoms with Crippen LogP contribution in [-0.2, 0) is 9.47 Å². The molecule has 12 heteroatoms. The Morgan fingerprint density at radius 3 is 1.08 bits per heavy atom. The molecule has 6 rings (SSSR count). The number of hydrogen-bond acceptors (Lipinski definition) is 8. The molecule has 2 atom stereocenters. The fourth-order valence-electron chi connectivity index (χ4n) is 6.67. The standard InChI is InChI=1S/2C24H22FNO4/c2*1-2-17(22-5-3-4-6-23(22)25)15-16-30-24(27)20-9-7-18(8-10-20)19-11-13-21(14-12-19)26(28)29/h2*3-14,17H,2,15-16H2,1H3/t2*17-/m00/s1. The molecule has 0 aliphatic carbocycles. The second-order valence-electron chi connectivity index (χ2n) is 13.9. The number of benzene rings is 6. The number of carbonyl (C=O) groups is 2. The van der Waals surface area contributed by atoms with Gasteiger partial charge in [-0.1, -0.05) is 74.5 Å². The minimum atomic E-state index is -0.446. The van der Waals surface area contributed by atoms with Crippen LogP contribution in [0, 0.1) is 31.9 Å². The Bertz CT molecular complexity index is 2200. The number of nitro groups is 2. The van der Waals surface area contributed by atoms with Gasteiger partial charge in [-0.25, -0.2) is 18.4 Å². The third-order valence-corrected chi connectivity index (χ3v) is 10.1. The van der Waals surface area contributed by atoms with Gasteiger partial charge in [-0.15, -0.1) is 0 Å². The summed E-state index contributed by atoms with van der Waals surface area (Å²) in [4.78, 5) is 45.2. The topological polar surface area (TPSA) is 139 Å². The van der Waals surface area contributed by atoms with Gasteiger partial charge in [0, 0.05) is 24.3 Å². The highest BCUT2D eigenvalue weighted by Gasteiger charge is 2.17. The van der Waals surface area contributed by atoms with Crippen molar-refractivity contribution in [2.75, 3.05) is 13.2 Å². The third-order valence-electron chi connectivity index (χ3n) is 10.1. The molecule has 6 aromatic rings. The monoisotopic (exact) mass is 814 g/mol. The minimum absolute atomic E-state index is 0.0106. The van der Waals surface area contributed by atoms with E-state index in [2.05, 4.69) is 0 Å². The van der Waals surface area contributed by atoms with Gasteiger partial charge in [-0.2, -0.15) is 0 Å². The van der Waals surface area contributed by atoms with Crippen LogP contribution < -0.4 is 0 Å². The predicted octanol–water partition coefficient (Wildman–Crippen LogP) is 12.3. The van der Waals surface area contributed by atoms with Gasteiger partial charge in [0.1, 0.15) is 11.6 Å². The van der Waals surface area contributed by atoms with Crippen LogP contribution in [-0.4, -0.2) is 35.0 Å². The van der Waals surface area contributed by atoms with Crippen molar-refractivity contribution in [1.29, 1.82) is 0 Å². The number of esters is 2. The number of halogens is 2. The van der Waals surface area contributed by atoms with Gasteiger partial charge >= 0.3 is 11.9 Å². The summed E-state index contributed by atoms with van der Waals surface area (Å²) in [6.07, 6.45) is 2.60. The maximum Gasteiger partial charge on any atom is 0.338 e. The van der Waals surface area contributed by atoms with E-state index in [1.165, 1.54) is 36.4 Å². The van der Waals surface area contributed by atoms with Gasteiger partial charge in [0.15, 0.2) is 0 Å². The van der Waals surface area contributed by atoms with E-state index in [1.54, 1.807) is 109 Å². The average Bonchev–Trinajstić information content (AvgIpc) is 3.27. The highest BCUT2D eigenvalue weighted by Crippen LogP contribution is 2.28. The zero-order chi connectivity index (χ0) is 43.0. The van der Waals surface area contributed by atoms with Gasteiger partial charge in [0.25, 0.3) is 11.4 Å². The quantitative estimate of drug-likeness (QED) is 0.0534. The van der Waals surface area contributed by atoms with Crippen molar-refractivity contribution in [2.45, 2.75) is 51.4 Å². The number of ether oxygens (including phenoxy) is 2. The molecule has 0 unspecified atom stereocenters. The summed E-state index contributed by atoms with van der Waals surface area (Å²) in [5.41, 5.74) is 5.48. The van der Waals surface area contributed by atoms with Crippen LogP contribution in [0.5, 0.6) is 0 Å². The molecule has 0 bridgehead atoms. The zero-order valence-electron chi connectivity index (χ0n) is 33.2. The Morgan fingerprint density at radius 1 is 0.500 bits per heavy atom. The van der Waals surface area contributed by atoms with E-state index in [4.69, 9.17) is 9.47 Å². The van der Waals surface area contributed by atoms with Gasteiger partial charge in [-0.05, 0) is 132 Å². The molecule has 6 aromatic carbocycles. The molecule has 0 amide bonds. The Balaban J connectivity index is 0.000000228. The van der Waals surface area contributed by atoms with Crippen LogP contribution in [0.1, 0.15) is 83.2 Å². The first kappa shape index (κ1) is 44.0. The SMILES string of the molecule is CC[C@@H](CCOC(=O)c1ccc(-c2ccc([N+](=O)[O-])cc2)cc1)c1ccccc1F.CC[C@@H](CCOC(=O)c1ccc(-c2ccc([N+](=O)[O-])cc2)cc1)c1ccccc1F. The van der Waals surface area contributed by atoms with Crippen LogP contribution in [0.2, 0.25) is 0 Å². The molecular weight excluding hydrogens is 771 g/mol. The normalized spacial score (nSPS) is 11.7. The first-order valence-corrected chi connectivity index (χ1v) is 19.5. The molecule has 0 N–H and O–H groups in total. The summed E-state index contributed by atoms with van der Waals surface area (Å²) in [7, 11) is 0. The lowest BCUT2D eigenvalue weighted by Crippen LogP contribution is -2.10. The molecule has 0 aliphatic heterocycles. The summed E-state index contributed by atoms with van der Waals surface area (Å²) in [6.45, 7) is 4.37. The Labute approximate surface area is 346 Å². The van der Waals surface area contributed by atoms with Gasteiger partial charge in [-0.3, -0.25) is 20.2 Å². The molecular formula is C48H44F2N2O8. The number of rotatable bonds is 16. The maximum atomic E-state index is 14.0. The number of nitro benzene ring substituents is 2. The van der Waals surface area contributed by atoms with Crippen LogP contribution >= 0.6 is 0 Å². The molecule has 308 valence electrons. The van der Waals surface area contributed by atoms with Gasteiger partial charge in [0.05, 0.1) is 34.2 Å². The van der Waals surface area contributed by atoms with E-state index in [9.17, 15) is 38.6 Å². The Kier molecular flexibility index (Phi) is 15.9. The molecule has 0 heterocycles. The molecule has 0 saturated carbocycles. The zero-order valence-corrected chi connectivity index (χ0v) is 33.2. The van der Waals surface area contributed by atoms with Crippen molar-refractivity contribution in [2.24, 2.45) is 0 Å². The van der Waals surface area contributed by atoms with E-state index < -0.39 is 21.8 Å². The van der Waals surface area contributed by atoms with E-state index in [1.807, 2.05) is 13.8 Å². The highest BCUT2D eigenvalue weighted by atomic mass is 19.1. The van der Waals surface area contributed by atoms with Crippen LogP contribution in [0.25, 0.3) is 22.3 Å². The van der Waals surface area contributed by atoms with Gasteiger partial charge in [0.2, 0.25) is 0 Å². The molecule has 0 radical (unpaired) electrons. The summed E-state index contributed by atoms with van der Waals surface area (Å²) >= 11 is 0. The summed E-state index contributed by atoms with van der Waals surface area (Å²) in [5, 5.41) is 21.5. The molecule has 0 spiro atoms. The minimum Gasteiger partial charge on any atom is -0.462 e. The molecule has 0 aliphatic rings. The second kappa shape index (κ2) is 21.6. The van der Waals surface area contributed by atoms with E-state index >= 15 is 0 Å². The number of carbonyl (C=O) groups excluding carboxylic acids is 2. The lowest BCUT2D eigenvalue weighted by Gasteiger charge is -2.16. The van der Waals surface area contributed by atoms with Crippen molar-refractivity contribution in [3.05, 3.63) is 200 Å². The van der Waals surface area contributed by atoms with Crippen molar-refractivity contribution in [3.8, 4) is 22.3 Å². The molecule has 0 saturated heterocycles. The first-order chi connectivity index (χ1) is 29.0.